The molecule has 0 atom stereocenters. The van der Waals surface area contributed by atoms with Crippen molar-refractivity contribution in [3.8, 4) is 11.5 Å². The van der Waals surface area contributed by atoms with Crippen molar-refractivity contribution in [1.29, 1.82) is 0 Å². The summed E-state index contributed by atoms with van der Waals surface area (Å²) in [5.74, 6) is 1.20. The van der Waals surface area contributed by atoms with Crippen molar-refractivity contribution in [3.63, 3.8) is 0 Å². The second kappa shape index (κ2) is 4.98. The van der Waals surface area contributed by atoms with Crippen molar-refractivity contribution in [3.05, 3.63) is 37.8 Å². The van der Waals surface area contributed by atoms with Crippen LogP contribution in [0.25, 0.3) is 11.5 Å². The van der Waals surface area contributed by atoms with E-state index in [0.717, 1.165) is 26.1 Å². The molecule has 1 saturated carbocycles. The van der Waals surface area contributed by atoms with Gasteiger partial charge in [0, 0.05) is 12.1 Å². The first-order valence-corrected chi connectivity index (χ1v) is 7.68. The summed E-state index contributed by atoms with van der Waals surface area (Å²) in [6.45, 7) is 4.06. The van der Waals surface area contributed by atoms with Crippen LogP contribution in [0.4, 0.5) is 0 Å². The molecule has 1 aliphatic carbocycles. The Morgan fingerprint density at radius 3 is 2.63 bits per heavy atom. The molecule has 0 aromatic carbocycles. The number of pyridine rings is 1. The Morgan fingerprint density at radius 2 is 2.00 bits per heavy atom. The number of hydrogen-bond acceptors (Lipinski definition) is 3. The number of aryl methyl sites for hydroxylation is 2. The van der Waals surface area contributed by atoms with Crippen molar-refractivity contribution in [2.45, 2.75) is 32.6 Å². The average Bonchev–Trinajstić information content (AvgIpc) is 3.17. The van der Waals surface area contributed by atoms with Gasteiger partial charge < -0.3 is 0 Å². The molecule has 19 heavy (non-hydrogen) atoms. The number of hydrogen-bond donors (Lipinski definition) is 0. The van der Waals surface area contributed by atoms with Crippen LogP contribution in [0.5, 0.6) is 0 Å². The van der Waals surface area contributed by atoms with Gasteiger partial charge in [0.2, 0.25) is 0 Å². The lowest BCUT2D eigenvalue weighted by Crippen LogP contribution is -2.02. The van der Waals surface area contributed by atoms with Gasteiger partial charge in [-0.1, -0.05) is 17.7 Å². The fourth-order valence-corrected chi connectivity index (χ4v) is 2.98. The van der Waals surface area contributed by atoms with Crippen LogP contribution in [0.3, 0.4) is 0 Å². The molecule has 0 saturated heterocycles. The lowest BCUT2D eigenvalue weighted by atomic mass is 10.1. The molecule has 3 rings (SSSR count). The van der Waals surface area contributed by atoms with Crippen molar-refractivity contribution >= 4 is 34.2 Å². The summed E-state index contributed by atoms with van der Waals surface area (Å²) in [4.78, 5) is 13.5. The van der Waals surface area contributed by atoms with Crippen LogP contribution >= 0.6 is 34.2 Å². The zero-order chi connectivity index (χ0) is 13.6. The maximum atomic E-state index is 6.24. The summed E-state index contributed by atoms with van der Waals surface area (Å²) in [6, 6.07) is 2.09. The molecular formula is C14H13ClIN3. The SMILES string of the molecule is Cc1cnc(-c2nc(Cl)c(I)c(C3CC3)n2)c(C)c1. The summed E-state index contributed by atoms with van der Waals surface area (Å²) in [6.07, 6.45) is 4.24. The quantitative estimate of drug-likeness (QED) is 0.572. The minimum absolute atomic E-state index is 0.536. The minimum Gasteiger partial charge on any atom is -0.252 e. The molecule has 2 heterocycles. The normalized spacial score (nSPS) is 14.7. The smallest absolute Gasteiger partial charge is 0.180 e. The second-order valence-electron chi connectivity index (χ2n) is 4.99. The molecule has 2 aromatic rings. The zero-order valence-corrected chi connectivity index (χ0v) is 13.7. The standard InChI is InChI=1S/C14H13ClIN3/c1-7-5-8(2)11(17-6-7)14-18-12(9-3-4-9)10(16)13(15)19-14/h5-6,9H,3-4H2,1-2H3. The lowest BCUT2D eigenvalue weighted by Gasteiger charge is -2.09. The average molecular weight is 386 g/mol. The Kier molecular flexibility index (Phi) is 3.47. The number of aromatic nitrogens is 3. The summed E-state index contributed by atoms with van der Waals surface area (Å²) in [5, 5.41) is 0.536. The van der Waals surface area contributed by atoms with E-state index in [1.165, 1.54) is 12.8 Å². The Hall–Kier alpha value is -0.750. The highest BCUT2D eigenvalue weighted by Gasteiger charge is 2.29. The molecule has 5 heteroatoms. The van der Waals surface area contributed by atoms with Gasteiger partial charge >= 0.3 is 0 Å². The van der Waals surface area contributed by atoms with Gasteiger partial charge in [-0.3, -0.25) is 4.98 Å². The van der Waals surface area contributed by atoms with E-state index in [1.54, 1.807) is 0 Å². The van der Waals surface area contributed by atoms with Gasteiger partial charge in [-0.2, -0.15) is 0 Å². The summed E-state index contributed by atoms with van der Waals surface area (Å²) >= 11 is 8.47. The summed E-state index contributed by atoms with van der Waals surface area (Å²) in [7, 11) is 0. The van der Waals surface area contributed by atoms with Crippen LogP contribution in [0.15, 0.2) is 12.3 Å². The first kappa shape index (κ1) is 13.2. The number of nitrogens with zero attached hydrogens (tertiary/aromatic N) is 3. The first-order chi connectivity index (χ1) is 9.06. The van der Waals surface area contributed by atoms with E-state index in [0.29, 0.717) is 16.9 Å². The van der Waals surface area contributed by atoms with E-state index in [2.05, 4.69) is 38.6 Å². The van der Waals surface area contributed by atoms with Crippen molar-refractivity contribution in [1.82, 2.24) is 15.0 Å². The van der Waals surface area contributed by atoms with E-state index in [1.807, 2.05) is 20.0 Å². The van der Waals surface area contributed by atoms with Crippen LogP contribution in [0, 0.1) is 17.4 Å². The Bertz CT molecular complexity index is 653. The van der Waals surface area contributed by atoms with Gasteiger partial charge in [-0.05, 0) is 60.4 Å². The lowest BCUT2D eigenvalue weighted by molar-refractivity contribution is 0.969. The van der Waals surface area contributed by atoms with Crippen molar-refractivity contribution in [2.75, 3.05) is 0 Å². The molecule has 0 unspecified atom stereocenters. The van der Waals surface area contributed by atoms with Gasteiger partial charge in [0.25, 0.3) is 0 Å². The van der Waals surface area contributed by atoms with Gasteiger partial charge in [0.1, 0.15) is 10.8 Å². The molecule has 1 fully saturated rings. The molecular weight excluding hydrogens is 373 g/mol. The van der Waals surface area contributed by atoms with E-state index < -0.39 is 0 Å². The largest absolute Gasteiger partial charge is 0.252 e. The maximum absolute atomic E-state index is 6.24. The van der Waals surface area contributed by atoms with Crippen molar-refractivity contribution < 1.29 is 0 Å². The second-order valence-corrected chi connectivity index (χ2v) is 6.43. The van der Waals surface area contributed by atoms with Crippen LogP contribution in [0.2, 0.25) is 5.15 Å². The fourth-order valence-electron chi connectivity index (χ4n) is 2.12. The first-order valence-electron chi connectivity index (χ1n) is 6.23. The highest BCUT2D eigenvalue weighted by atomic mass is 127. The Morgan fingerprint density at radius 1 is 1.26 bits per heavy atom. The van der Waals surface area contributed by atoms with Crippen LogP contribution in [0.1, 0.15) is 35.6 Å². The molecule has 1 aliphatic rings. The minimum atomic E-state index is 0.536. The highest BCUT2D eigenvalue weighted by Crippen LogP contribution is 2.42. The predicted octanol–water partition coefficient (Wildman–Crippen LogP) is 4.29. The third kappa shape index (κ3) is 2.60. The Labute approximate surface area is 131 Å². The van der Waals surface area contributed by atoms with E-state index in [-0.39, 0.29) is 0 Å². The van der Waals surface area contributed by atoms with Gasteiger partial charge in [-0.15, -0.1) is 0 Å². The summed E-state index contributed by atoms with van der Waals surface area (Å²) in [5.41, 5.74) is 4.13. The van der Waals surface area contributed by atoms with E-state index in [9.17, 15) is 0 Å². The predicted molar refractivity (Wildman–Crippen MR) is 84.4 cm³/mol. The van der Waals surface area contributed by atoms with Crippen LogP contribution < -0.4 is 0 Å². The third-order valence-corrected chi connectivity index (χ3v) is 4.88. The molecule has 2 aromatic heterocycles. The number of rotatable bonds is 2. The maximum Gasteiger partial charge on any atom is 0.180 e. The molecule has 0 bridgehead atoms. The van der Waals surface area contributed by atoms with Crippen molar-refractivity contribution in [2.24, 2.45) is 0 Å². The van der Waals surface area contributed by atoms with Gasteiger partial charge in [0.05, 0.1) is 9.26 Å². The monoisotopic (exact) mass is 385 g/mol. The van der Waals surface area contributed by atoms with Gasteiger partial charge in [-0.25, -0.2) is 9.97 Å². The topological polar surface area (TPSA) is 38.7 Å². The molecule has 0 aliphatic heterocycles. The fraction of sp³-hybridized carbons (Fsp3) is 0.357. The third-order valence-electron chi connectivity index (χ3n) is 3.23. The van der Waals surface area contributed by atoms with E-state index in [4.69, 9.17) is 16.6 Å². The highest BCUT2D eigenvalue weighted by molar-refractivity contribution is 14.1. The number of halogens is 2. The van der Waals surface area contributed by atoms with E-state index >= 15 is 0 Å². The zero-order valence-electron chi connectivity index (χ0n) is 10.7. The molecule has 98 valence electrons. The molecule has 0 amide bonds. The molecule has 3 nitrogen and oxygen atoms in total. The molecule has 0 spiro atoms. The summed E-state index contributed by atoms with van der Waals surface area (Å²) < 4.78 is 0.982. The molecule has 0 radical (unpaired) electrons. The van der Waals surface area contributed by atoms with Crippen LogP contribution in [-0.2, 0) is 0 Å². The Balaban J connectivity index is 2.14. The van der Waals surface area contributed by atoms with Gasteiger partial charge in [0.15, 0.2) is 5.82 Å². The molecule has 0 N–H and O–H groups in total. The van der Waals surface area contributed by atoms with Crippen LogP contribution in [-0.4, -0.2) is 15.0 Å².